The molecular formula is C16H15NO4. The predicted octanol–water partition coefficient (Wildman–Crippen LogP) is 3.02. The third kappa shape index (κ3) is 3.20. The van der Waals surface area contributed by atoms with Crippen molar-refractivity contribution in [3.8, 4) is 16.9 Å². The number of carbonyl (C=O) groups excluding carboxylic acids is 1. The molecule has 1 amide bonds. The lowest BCUT2D eigenvalue weighted by Crippen LogP contribution is -2.05. The van der Waals surface area contributed by atoms with Crippen LogP contribution in [0.1, 0.15) is 17.3 Å². The molecule has 0 heterocycles. The third-order valence-electron chi connectivity index (χ3n) is 2.94. The molecule has 2 aromatic rings. The van der Waals surface area contributed by atoms with Gasteiger partial charge in [-0.3, -0.25) is 4.79 Å². The molecule has 0 saturated heterocycles. The van der Waals surface area contributed by atoms with Crippen molar-refractivity contribution in [1.82, 2.24) is 0 Å². The van der Waals surface area contributed by atoms with Gasteiger partial charge in [0.15, 0.2) is 0 Å². The number of nitrogens with one attached hydrogen (secondary N) is 1. The first-order valence-electron chi connectivity index (χ1n) is 6.31. The minimum atomic E-state index is -1.05. The van der Waals surface area contributed by atoms with Crippen LogP contribution in [0.3, 0.4) is 0 Å². The lowest BCUT2D eigenvalue weighted by molar-refractivity contribution is -0.114. The summed E-state index contributed by atoms with van der Waals surface area (Å²) in [4.78, 5) is 22.4. The van der Waals surface area contributed by atoms with Crippen LogP contribution in [0.4, 0.5) is 5.69 Å². The van der Waals surface area contributed by atoms with E-state index in [9.17, 15) is 14.7 Å². The van der Waals surface area contributed by atoms with Crippen LogP contribution in [0.25, 0.3) is 11.1 Å². The molecule has 2 N–H and O–H groups in total. The molecule has 0 spiro atoms. The number of amides is 1. The first-order chi connectivity index (χ1) is 10.0. The van der Waals surface area contributed by atoms with E-state index in [1.165, 1.54) is 20.1 Å². The average Bonchev–Trinajstić information content (AvgIpc) is 2.45. The van der Waals surface area contributed by atoms with Gasteiger partial charge in [-0.15, -0.1) is 0 Å². The van der Waals surface area contributed by atoms with E-state index >= 15 is 0 Å². The van der Waals surface area contributed by atoms with Gasteiger partial charge in [-0.1, -0.05) is 24.3 Å². The van der Waals surface area contributed by atoms with Crippen molar-refractivity contribution in [2.75, 3.05) is 12.4 Å². The zero-order valence-electron chi connectivity index (χ0n) is 11.7. The van der Waals surface area contributed by atoms with Crippen LogP contribution in [-0.4, -0.2) is 24.1 Å². The Morgan fingerprint density at radius 2 is 1.86 bits per heavy atom. The van der Waals surface area contributed by atoms with E-state index in [4.69, 9.17) is 4.74 Å². The van der Waals surface area contributed by atoms with Gasteiger partial charge < -0.3 is 15.2 Å². The zero-order chi connectivity index (χ0) is 15.4. The zero-order valence-corrected chi connectivity index (χ0v) is 11.7. The minimum absolute atomic E-state index is 0.0972. The number of hydrogen-bond acceptors (Lipinski definition) is 3. The highest BCUT2D eigenvalue weighted by molar-refractivity contribution is 5.95. The summed E-state index contributed by atoms with van der Waals surface area (Å²) in [5, 5.41) is 11.9. The molecule has 0 unspecified atom stereocenters. The van der Waals surface area contributed by atoms with Crippen LogP contribution in [-0.2, 0) is 4.79 Å². The lowest BCUT2D eigenvalue weighted by Gasteiger charge is -2.12. The number of methoxy groups -OCH3 is 1. The molecule has 2 aromatic carbocycles. The molecule has 0 fully saturated rings. The normalized spacial score (nSPS) is 10.0. The standard InChI is InChI=1S/C16H15NO4/c1-10(18)17-12-6-3-5-11(9-12)13-7-4-8-14(16(19)20)15(13)21-2/h3-9H,1-2H3,(H,17,18)(H,19,20). The summed E-state index contributed by atoms with van der Waals surface area (Å²) in [7, 11) is 1.43. The number of carboxylic acids is 1. The molecular weight excluding hydrogens is 270 g/mol. The van der Waals surface area contributed by atoms with Crippen LogP contribution in [0.5, 0.6) is 5.75 Å². The highest BCUT2D eigenvalue weighted by Crippen LogP contribution is 2.34. The van der Waals surface area contributed by atoms with Crippen molar-refractivity contribution in [2.24, 2.45) is 0 Å². The Balaban J connectivity index is 2.54. The summed E-state index contributed by atoms with van der Waals surface area (Å²) >= 11 is 0. The molecule has 0 aromatic heterocycles. The number of carboxylic acid groups (broad SMARTS) is 1. The summed E-state index contributed by atoms with van der Waals surface area (Å²) in [6.45, 7) is 1.43. The summed E-state index contributed by atoms with van der Waals surface area (Å²) < 4.78 is 5.24. The molecule has 108 valence electrons. The second-order valence-corrected chi connectivity index (χ2v) is 4.45. The molecule has 21 heavy (non-hydrogen) atoms. The summed E-state index contributed by atoms with van der Waals surface area (Å²) in [6.07, 6.45) is 0. The maximum Gasteiger partial charge on any atom is 0.339 e. The molecule has 0 bridgehead atoms. The van der Waals surface area contributed by atoms with E-state index < -0.39 is 5.97 Å². The second kappa shape index (κ2) is 6.09. The number of carbonyl (C=O) groups is 2. The maximum atomic E-state index is 11.2. The minimum Gasteiger partial charge on any atom is -0.495 e. The van der Waals surface area contributed by atoms with Crippen molar-refractivity contribution in [2.45, 2.75) is 6.92 Å². The molecule has 5 nitrogen and oxygen atoms in total. The highest BCUT2D eigenvalue weighted by atomic mass is 16.5. The van der Waals surface area contributed by atoms with Gasteiger partial charge in [-0.05, 0) is 23.8 Å². The van der Waals surface area contributed by atoms with E-state index in [1.807, 2.05) is 6.07 Å². The number of aromatic carboxylic acids is 1. The molecule has 0 aliphatic rings. The van der Waals surface area contributed by atoms with Crippen LogP contribution >= 0.6 is 0 Å². The SMILES string of the molecule is COc1c(C(=O)O)cccc1-c1cccc(NC(C)=O)c1. The van der Waals surface area contributed by atoms with Crippen LogP contribution in [0.15, 0.2) is 42.5 Å². The van der Waals surface area contributed by atoms with E-state index in [2.05, 4.69) is 5.32 Å². The molecule has 2 rings (SSSR count). The monoisotopic (exact) mass is 285 g/mol. The first kappa shape index (κ1) is 14.6. The quantitative estimate of drug-likeness (QED) is 0.905. The highest BCUT2D eigenvalue weighted by Gasteiger charge is 2.15. The molecule has 0 radical (unpaired) electrons. The number of ether oxygens (including phenoxy) is 1. The van der Waals surface area contributed by atoms with Crippen molar-refractivity contribution in [3.63, 3.8) is 0 Å². The Morgan fingerprint density at radius 1 is 1.14 bits per heavy atom. The Labute approximate surface area is 122 Å². The summed E-state index contributed by atoms with van der Waals surface area (Å²) in [5.41, 5.74) is 2.16. The smallest absolute Gasteiger partial charge is 0.339 e. The van der Waals surface area contributed by atoms with Crippen molar-refractivity contribution < 1.29 is 19.4 Å². The fourth-order valence-corrected chi connectivity index (χ4v) is 2.12. The Bertz CT molecular complexity index is 694. The topological polar surface area (TPSA) is 75.6 Å². The number of rotatable bonds is 4. The number of anilines is 1. The van der Waals surface area contributed by atoms with Gasteiger partial charge in [-0.2, -0.15) is 0 Å². The van der Waals surface area contributed by atoms with Gasteiger partial charge in [0.05, 0.1) is 7.11 Å². The van der Waals surface area contributed by atoms with Gasteiger partial charge >= 0.3 is 5.97 Å². The molecule has 0 aliphatic heterocycles. The van der Waals surface area contributed by atoms with Crippen LogP contribution in [0, 0.1) is 0 Å². The van der Waals surface area contributed by atoms with Crippen LogP contribution in [0.2, 0.25) is 0 Å². The second-order valence-electron chi connectivity index (χ2n) is 4.45. The van der Waals surface area contributed by atoms with E-state index in [0.717, 1.165) is 5.56 Å². The molecule has 5 heteroatoms. The molecule has 0 saturated carbocycles. The third-order valence-corrected chi connectivity index (χ3v) is 2.94. The lowest BCUT2D eigenvalue weighted by atomic mass is 10.0. The number of benzene rings is 2. The average molecular weight is 285 g/mol. The molecule has 0 atom stereocenters. The van der Waals surface area contributed by atoms with Crippen molar-refractivity contribution in [1.29, 1.82) is 0 Å². The van der Waals surface area contributed by atoms with E-state index in [-0.39, 0.29) is 11.5 Å². The predicted molar refractivity (Wildman–Crippen MR) is 79.7 cm³/mol. The molecule has 0 aliphatic carbocycles. The maximum absolute atomic E-state index is 11.2. The van der Waals surface area contributed by atoms with Crippen molar-refractivity contribution >= 4 is 17.6 Å². The Hall–Kier alpha value is -2.82. The van der Waals surface area contributed by atoms with Gasteiger partial charge in [0.2, 0.25) is 5.91 Å². The van der Waals surface area contributed by atoms with Gasteiger partial charge in [0.25, 0.3) is 0 Å². The van der Waals surface area contributed by atoms with Gasteiger partial charge in [0, 0.05) is 18.2 Å². The number of hydrogen-bond donors (Lipinski definition) is 2. The van der Waals surface area contributed by atoms with Crippen molar-refractivity contribution in [3.05, 3.63) is 48.0 Å². The fourth-order valence-electron chi connectivity index (χ4n) is 2.12. The largest absolute Gasteiger partial charge is 0.495 e. The fraction of sp³-hybridized carbons (Fsp3) is 0.125. The van der Waals surface area contributed by atoms with E-state index in [1.54, 1.807) is 30.3 Å². The van der Waals surface area contributed by atoms with Gasteiger partial charge in [0.1, 0.15) is 11.3 Å². The Morgan fingerprint density at radius 3 is 2.48 bits per heavy atom. The van der Waals surface area contributed by atoms with E-state index in [0.29, 0.717) is 17.0 Å². The summed E-state index contributed by atoms with van der Waals surface area (Å²) in [6, 6.07) is 12.1. The van der Waals surface area contributed by atoms with Gasteiger partial charge in [-0.25, -0.2) is 4.79 Å². The first-order valence-corrected chi connectivity index (χ1v) is 6.31. The Kier molecular flexibility index (Phi) is 4.23. The number of para-hydroxylation sites is 1. The summed E-state index contributed by atoms with van der Waals surface area (Å²) in [5.74, 6) is -0.921. The van der Waals surface area contributed by atoms with Crippen LogP contribution < -0.4 is 10.1 Å².